The summed E-state index contributed by atoms with van der Waals surface area (Å²) in [6.45, 7) is 0. The Morgan fingerprint density at radius 2 is 1.14 bits per heavy atom. The van der Waals surface area contributed by atoms with Crippen LogP contribution in [-0.4, -0.2) is 32.7 Å². The van der Waals surface area contributed by atoms with E-state index in [0.29, 0.717) is 11.4 Å². The summed E-state index contributed by atoms with van der Waals surface area (Å²) in [5.74, 6) is -0.506. The highest BCUT2D eigenvalue weighted by molar-refractivity contribution is 7.93. The smallest absolute Gasteiger partial charge is 0.264 e. The average molecular weight is 510 g/mol. The van der Waals surface area contributed by atoms with Gasteiger partial charge in [0.15, 0.2) is 0 Å². The highest BCUT2D eigenvalue weighted by atomic mass is 32.2. The van der Waals surface area contributed by atoms with Gasteiger partial charge in [0, 0.05) is 29.3 Å². The summed E-state index contributed by atoms with van der Waals surface area (Å²) >= 11 is 0. The number of amides is 1. The summed E-state index contributed by atoms with van der Waals surface area (Å²) in [4.78, 5) is 20.3. The normalized spacial score (nSPS) is 11.4. The lowest BCUT2D eigenvalue weighted by Crippen LogP contribution is -2.15. The molecular weight excluding hydrogens is 490 g/mol. The molecule has 35 heavy (non-hydrogen) atoms. The van der Waals surface area contributed by atoms with Crippen molar-refractivity contribution in [3.05, 3.63) is 103 Å². The second-order valence-electron chi connectivity index (χ2n) is 7.15. The highest BCUT2D eigenvalue weighted by Gasteiger charge is 2.16. The Kier molecular flexibility index (Phi) is 6.75. The molecule has 178 valence electrons. The van der Waals surface area contributed by atoms with Crippen molar-refractivity contribution in [1.29, 1.82) is 0 Å². The summed E-state index contributed by atoms with van der Waals surface area (Å²) in [7, 11) is -7.64. The molecule has 1 amide bonds. The standard InChI is InChI=1S/C23H19N5O5S2/c29-22(17-7-9-19(10-8-17)27-34(30,31)20-5-2-1-3-6-20)26-18-11-13-21(14-12-18)35(32,33)28-23-24-15-4-16-25-23/h1-16,27H,(H,26,29)(H,24,25,28). The van der Waals surface area contributed by atoms with E-state index >= 15 is 0 Å². The molecule has 0 aliphatic heterocycles. The number of anilines is 3. The van der Waals surface area contributed by atoms with Gasteiger partial charge in [-0.05, 0) is 66.7 Å². The molecule has 0 unspecified atom stereocenters. The van der Waals surface area contributed by atoms with E-state index in [0.717, 1.165) is 0 Å². The molecule has 0 fully saturated rings. The van der Waals surface area contributed by atoms with Crippen LogP contribution in [0.2, 0.25) is 0 Å². The molecule has 0 bridgehead atoms. The Balaban J connectivity index is 1.40. The van der Waals surface area contributed by atoms with Crippen LogP contribution in [0, 0.1) is 0 Å². The number of rotatable bonds is 8. The average Bonchev–Trinajstić information content (AvgIpc) is 2.85. The van der Waals surface area contributed by atoms with Crippen LogP contribution in [0.5, 0.6) is 0 Å². The second-order valence-corrected chi connectivity index (χ2v) is 10.5. The van der Waals surface area contributed by atoms with Crippen LogP contribution in [0.25, 0.3) is 0 Å². The largest absolute Gasteiger partial charge is 0.322 e. The first-order valence-corrected chi connectivity index (χ1v) is 13.1. The van der Waals surface area contributed by atoms with Crippen molar-refractivity contribution >= 4 is 43.3 Å². The first-order valence-electron chi connectivity index (χ1n) is 10.1. The van der Waals surface area contributed by atoms with Gasteiger partial charge >= 0.3 is 0 Å². The number of hydrogen-bond donors (Lipinski definition) is 3. The molecule has 0 atom stereocenters. The fourth-order valence-electron chi connectivity index (χ4n) is 2.95. The van der Waals surface area contributed by atoms with Crippen LogP contribution in [0.1, 0.15) is 10.4 Å². The van der Waals surface area contributed by atoms with Crippen LogP contribution in [0.3, 0.4) is 0 Å². The lowest BCUT2D eigenvalue weighted by molar-refractivity contribution is 0.102. The monoisotopic (exact) mass is 509 g/mol. The van der Waals surface area contributed by atoms with E-state index in [4.69, 9.17) is 0 Å². The van der Waals surface area contributed by atoms with Crippen LogP contribution in [0.4, 0.5) is 17.3 Å². The van der Waals surface area contributed by atoms with Gasteiger partial charge < -0.3 is 5.32 Å². The molecular formula is C23H19N5O5S2. The molecule has 10 nitrogen and oxygen atoms in total. The molecule has 0 aliphatic rings. The maximum atomic E-state index is 12.6. The minimum absolute atomic E-state index is 0.0296. The summed E-state index contributed by atoms with van der Waals surface area (Å²) in [6, 6.07) is 20.9. The molecule has 4 rings (SSSR count). The van der Waals surface area contributed by atoms with Crippen LogP contribution < -0.4 is 14.8 Å². The number of carbonyl (C=O) groups excluding carboxylic acids is 1. The van der Waals surface area contributed by atoms with Gasteiger partial charge in [-0.1, -0.05) is 18.2 Å². The van der Waals surface area contributed by atoms with E-state index < -0.39 is 26.0 Å². The van der Waals surface area contributed by atoms with E-state index in [1.807, 2.05) is 0 Å². The van der Waals surface area contributed by atoms with Gasteiger partial charge in [-0.2, -0.15) is 0 Å². The number of carbonyl (C=O) groups is 1. The summed E-state index contributed by atoms with van der Waals surface area (Å²) in [5, 5.41) is 2.66. The van der Waals surface area contributed by atoms with E-state index in [1.165, 1.54) is 73.1 Å². The molecule has 0 saturated carbocycles. The van der Waals surface area contributed by atoms with Crippen LogP contribution in [0.15, 0.2) is 107 Å². The van der Waals surface area contributed by atoms with Gasteiger partial charge in [0.2, 0.25) is 5.95 Å². The molecule has 0 aliphatic carbocycles. The second kappa shape index (κ2) is 9.91. The van der Waals surface area contributed by atoms with Crippen molar-refractivity contribution in [2.24, 2.45) is 0 Å². The maximum absolute atomic E-state index is 12.6. The molecule has 3 aromatic carbocycles. The van der Waals surface area contributed by atoms with Crippen molar-refractivity contribution in [2.45, 2.75) is 9.79 Å². The zero-order valence-electron chi connectivity index (χ0n) is 18.0. The highest BCUT2D eigenvalue weighted by Crippen LogP contribution is 2.19. The zero-order chi connectivity index (χ0) is 24.9. The number of hydrogen-bond acceptors (Lipinski definition) is 7. The van der Waals surface area contributed by atoms with Gasteiger partial charge in [-0.3, -0.25) is 9.52 Å². The predicted molar refractivity (Wildman–Crippen MR) is 131 cm³/mol. The number of sulfonamides is 2. The molecule has 0 radical (unpaired) electrons. The minimum Gasteiger partial charge on any atom is -0.322 e. The van der Waals surface area contributed by atoms with Crippen molar-refractivity contribution in [2.75, 3.05) is 14.8 Å². The van der Waals surface area contributed by atoms with E-state index in [-0.39, 0.29) is 21.3 Å². The summed E-state index contributed by atoms with van der Waals surface area (Å²) in [5.41, 5.74) is 0.959. The van der Waals surface area contributed by atoms with Crippen LogP contribution in [-0.2, 0) is 20.0 Å². The Morgan fingerprint density at radius 3 is 1.77 bits per heavy atom. The first kappa shape index (κ1) is 23.9. The van der Waals surface area contributed by atoms with Crippen molar-refractivity contribution in [1.82, 2.24) is 9.97 Å². The maximum Gasteiger partial charge on any atom is 0.264 e. The van der Waals surface area contributed by atoms with Crippen LogP contribution >= 0.6 is 0 Å². The molecule has 3 N–H and O–H groups in total. The Hall–Kier alpha value is -4.29. The molecule has 1 heterocycles. The fraction of sp³-hybridized carbons (Fsp3) is 0. The first-order chi connectivity index (χ1) is 16.7. The third-order valence-corrected chi connectivity index (χ3v) is 7.41. The SMILES string of the molecule is O=C(Nc1ccc(S(=O)(=O)Nc2ncccn2)cc1)c1ccc(NS(=O)(=O)c2ccccc2)cc1. The van der Waals surface area contributed by atoms with Crippen molar-refractivity contribution in [3.8, 4) is 0 Å². The quantitative estimate of drug-likeness (QED) is 0.330. The lowest BCUT2D eigenvalue weighted by Gasteiger charge is -2.10. The zero-order valence-corrected chi connectivity index (χ0v) is 19.6. The number of nitrogens with one attached hydrogen (secondary N) is 3. The molecule has 0 spiro atoms. The Bertz CT molecular complexity index is 1530. The number of nitrogens with zero attached hydrogens (tertiary/aromatic N) is 2. The molecule has 12 heteroatoms. The Labute approximate surface area is 202 Å². The van der Waals surface area contributed by atoms with E-state index in [9.17, 15) is 21.6 Å². The minimum atomic E-state index is -3.89. The lowest BCUT2D eigenvalue weighted by atomic mass is 10.2. The predicted octanol–water partition coefficient (Wildman–Crippen LogP) is 3.33. The third-order valence-electron chi connectivity index (χ3n) is 4.67. The third kappa shape index (κ3) is 5.99. The fourth-order valence-corrected chi connectivity index (χ4v) is 4.99. The van der Waals surface area contributed by atoms with E-state index in [2.05, 4.69) is 24.7 Å². The molecule has 4 aromatic rings. The van der Waals surface area contributed by atoms with Crippen molar-refractivity contribution < 1.29 is 21.6 Å². The van der Waals surface area contributed by atoms with Gasteiger partial charge in [-0.15, -0.1) is 0 Å². The van der Waals surface area contributed by atoms with Gasteiger partial charge in [0.05, 0.1) is 9.79 Å². The molecule has 0 saturated heterocycles. The van der Waals surface area contributed by atoms with Gasteiger partial charge in [0.1, 0.15) is 0 Å². The number of benzene rings is 3. The number of aromatic nitrogens is 2. The topological polar surface area (TPSA) is 147 Å². The van der Waals surface area contributed by atoms with Gasteiger partial charge in [0.25, 0.3) is 26.0 Å². The molecule has 1 aromatic heterocycles. The van der Waals surface area contributed by atoms with E-state index in [1.54, 1.807) is 24.3 Å². The van der Waals surface area contributed by atoms with Crippen molar-refractivity contribution in [3.63, 3.8) is 0 Å². The summed E-state index contributed by atoms with van der Waals surface area (Å²) in [6.07, 6.45) is 2.82. The Morgan fingerprint density at radius 1 is 0.600 bits per heavy atom. The van der Waals surface area contributed by atoms with Gasteiger partial charge in [-0.25, -0.2) is 31.5 Å². The summed E-state index contributed by atoms with van der Waals surface area (Å²) < 4.78 is 54.5.